The third-order valence-corrected chi connectivity index (χ3v) is 5.95. The zero-order chi connectivity index (χ0) is 22.3. The lowest BCUT2D eigenvalue weighted by atomic mass is 10.0. The van der Waals surface area contributed by atoms with Crippen LogP contribution in [0.5, 0.6) is 0 Å². The van der Waals surface area contributed by atoms with E-state index < -0.39 is 5.91 Å². The van der Waals surface area contributed by atoms with Gasteiger partial charge in [-0.25, -0.2) is 4.90 Å². The van der Waals surface area contributed by atoms with E-state index in [1.807, 2.05) is 56.3 Å². The smallest absolute Gasteiger partial charge is 0.266 e. The maximum absolute atomic E-state index is 13.1. The summed E-state index contributed by atoms with van der Waals surface area (Å²) < 4.78 is 0.973. The second-order valence-electron chi connectivity index (χ2n) is 7.78. The van der Waals surface area contributed by atoms with Gasteiger partial charge in [0.1, 0.15) is 0 Å². The Labute approximate surface area is 189 Å². The maximum atomic E-state index is 13.1. The second kappa shape index (κ2) is 8.12. The van der Waals surface area contributed by atoms with Crippen LogP contribution in [0, 0.1) is 13.8 Å². The monoisotopic (exact) mass is 476 g/mol. The number of fused-ring (bicyclic) bond motifs is 1. The second-order valence-corrected chi connectivity index (χ2v) is 8.70. The Bertz CT molecular complexity index is 1220. The van der Waals surface area contributed by atoms with Gasteiger partial charge in [-0.3, -0.25) is 14.4 Å². The number of anilines is 1. The average molecular weight is 477 g/mol. The number of aryl methyl sites for hydroxylation is 2. The lowest BCUT2D eigenvalue weighted by Crippen LogP contribution is -2.30. The van der Waals surface area contributed by atoms with Crippen LogP contribution in [0.2, 0.25) is 0 Å². The molecule has 1 heterocycles. The minimum absolute atomic E-state index is 0.212. The minimum atomic E-state index is -0.404. The van der Waals surface area contributed by atoms with Gasteiger partial charge in [0.05, 0.1) is 16.8 Å². The van der Waals surface area contributed by atoms with Crippen LogP contribution < -0.4 is 4.90 Å². The number of hydrogen-bond donors (Lipinski definition) is 0. The standard InChI is InChI=1S/C25H21BrN2O3/c1-15-4-5-16(2)22(12-15)28-24(30)20-11-8-18(13-21(20)25(28)31)23(29)27(3)14-17-6-9-19(26)10-7-17/h4-13H,14H2,1-3H3. The number of rotatable bonds is 4. The lowest BCUT2D eigenvalue weighted by molar-refractivity contribution is 0.0784. The molecule has 1 aliphatic rings. The first-order valence-electron chi connectivity index (χ1n) is 9.86. The Hall–Kier alpha value is -3.25. The molecule has 0 bridgehead atoms. The van der Waals surface area contributed by atoms with Gasteiger partial charge in [-0.05, 0) is 66.9 Å². The molecule has 156 valence electrons. The number of halogens is 1. The van der Waals surface area contributed by atoms with Crippen LogP contribution in [-0.4, -0.2) is 29.7 Å². The molecule has 31 heavy (non-hydrogen) atoms. The molecular weight excluding hydrogens is 456 g/mol. The molecule has 6 heteroatoms. The zero-order valence-electron chi connectivity index (χ0n) is 17.5. The van der Waals surface area contributed by atoms with Crippen molar-refractivity contribution in [1.82, 2.24) is 4.90 Å². The van der Waals surface area contributed by atoms with E-state index in [9.17, 15) is 14.4 Å². The highest BCUT2D eigenvalue weighted by Gasteiger charge is 2.38. The van der Waals surface area contributed by atoms with Gasteiger partial charge >= 0.3 is 0 Å². The highest BCUT2D eigenvalue weighted by atomic mass is 79.9. The van der Waals surface area contributed by atoms with Crippen molar-refractivity contribution in [1.29, 1.82) is 0 Å². The van der Waals surface area contributed by atoms with Gasteiger partial charge in [-0.15, -0.1) is 0 Å². The quantitative estimate of drug-likeness (QED) is 0.489. The largest absolute Gasteiger partial charge is 0.337 e. The van der Waals surface area contributed by atoms with Crippen molar-refractivity contribution < 1.29 is 14.4 Å². The van der Waals surface area contributed by atoms with Crippen molar-refractivity contribution in [2.45, 2.75) is 20.4 Å². The minimum Gasteiger partial charge on any atom is -0.337 e. The van der Waals surface area contributed by atoms with Crippen LogP contribution in [0.1, 0.15) is 47.8 Å². The van der Waals surface area contributed by atoms with Crippen LogP contribution in [0.3, 0.4) is 0 Å². The van der Waals surface area contributed by atoms with Gasteiger partial charge in [0, 0.05) is 23.6 Å². The first-order valence-corrected chi connectivity index (χ1v) is 10.7. The summed E-state index contributed by atoms with van der Waals surface area (Å²) in [5.41, 5.74) is 4.32. The molecular formula is C25H21BrN2O3. The summed E-state index contributed by atoms with van der Waals surface area (Å²) in [5.74, 6) is -0.981. The lowest BCUT2D eigenvalue weighted by Gasteiger charge is -2.18. The predicted molar refractivity (Wildman–Crippen MR) is 123 cm³/mol. The summed E-state index contributed by atoms with van der Waals surface area (Å²) in [6, 6.07) is 18.1. The Morgan fingerprint density at radius 2 is 1.58 bits per heavy atom. The number of benzene rings is 3. The number of imide groups is 1. The summed E-state index contributed by atoms with van der Waals surface area (Å²) in [6.07, 6.45) is 0. The average Bonchev–Trinajstić information content (AvgIpc) is 3.00. The molecule has 0 aliphatic carbocycles. The van der Waals surface area contributed by atoms with E-state index in [-0.39, 0.29) is 17.4 Å². The number of amides is 3. The maximum Gasteiger partial charge on any atom is 0.266 e. The molecule has 3 amide bonds. The first-order chi connectivity index (χ1) is 14.8. The Kier molecular flexibility index (Phi) is 5.50. The number of carbonyl (C=O) groups excluding carboxylic acids is 3. The van der Waals surface area contributed by atoms with E-state index in [0.29, 0.717) is 23.4 Å². The van der Waals surface area contributed by atoms with Crippen molar-refractivity contribution in [3.8, 4) is 0 Å². The molecule has 0 saturated carbocycles. The summed E-state index contributed by atoms with van der Waals surface area (Å²) >= 11 is 3.40. The molecule has 0 unspecified atom stereocenters. The van der Waals surface area contributed by atoms with E-state index in [4.69, 9.17) is 0 Å². The molecule has 5 nitrogen and oxygen atoms in total. The zero-order valence-corrected chi connectivity index (χ0v) is 19.1. The van der Waals surface area contributed by atoms with Gasteiger partial charge in [0.2, 0.25) is 0 Å². The topological polar surface area (TPSA) is 57.7 Å². The number of nitrogens with zero attached hydrogens (tertiary/aromatic N) is 2. The van der Waals surface area contributed by atoms with Gasteiger partial charge in [-0.2, -0.15) is 0 Å². The normalized spacial score (nSPS) is 12.8. The fourth-order valence-electron chi connectivity index (χ4n) is 3.71. The van der Waals surface area contributed by atoms with Crippen LogP contribution in [0.15, 0.2) is 65.1 Å². The van der Waals surface area contributed by atoms with E-state index in [2.05, 4.69) is 15.9 Å². The molecule has 3 aromatic carbocycles. The molecule has 4 rings (SSSR count). The Morgan fingerprint density at radius 3 is 2.29 bits per heavy atom. The fraction of sp³-hybridized carbons (Fsp3) is 0.160. The highest BCUT2D eigenvalue weighted by molar-refractivity contribution is 9.10. The van der Waals surface area contributed by atoms with Crippen LogP contribution in [-0.2, 0) is 6.54 Å². The molecule has 0 aromatic heterocycles. The van der Waals surface area contributed by atoms with Crippen LogP contribution >= 0.6 is 15.9 Å². The third kappa shape index (κ3) is 3.91. The molecule has 0 fully saturated rings. The first kappa shape index (κ1) is 21.0. The van der Waals surface area contributed by atoms with Crippen molar-refractivity contribution in [2.24, 2.45) is 0 Å². The van der Waals surface area contributed by atoms with Gasteiger partial charge in [-0.1, -0.05) is 40.2 Å². The highest BCUT2D eigenvalue weighted by Crippen LogP contribution is 2.32. The number of hydrogen-bond acceptors (Lipinski definition) is 3. The van der Waals surface area contributed by atoms with Gasteiger partial charge in [0.25, 0.3) is 17.7 Å². The van der Waals surface area contributed by atoms with Crippen LogP contribution in [0.25, 0.3) is 0 Å². The van der Waals surface area contributed by atoms with Crippen LogP contribution in [0.4, 0.5) is 5.69 Å². The van der Waals surface area contributed by atoms with Gasteiger partial charge < -0.3 is 4.90 Å². The summed E-state index contributed by atoms with van der Waals surface area (Å²) in [7, 11) is 1.72. The van der Waals surface area contributed by atoms with Gasteiger partial charge in [0.15, 0.2) is 0 Å². The van der Waals surface area contributed by atoms with Crippen molar-refractivity contribution >= 4 is 39.3 Å². The molecule has 0 radical (unpaired) electrons. The number of carbonyl (C=O) groups is 3. The molecule has 0 N–H and O–H groups in total. The van der Waals surface area contributed by atoms with E-state index in [1.165, 1.54) is 11.0 Å². The SMILES string of the molecule is Cc1ccc(C)c(N2C(=O)c3ccc(C(=O)N(C)Cc4ccc(Br)cc4)cc3C2=O)c1. The summed E-state index contributed by atoms with van der Waals surface area (Å²) in [6.45, 7) is 4.22. The Balaban J connectivity index is 1.61. The van der Waals surface area contributed by atoms with Crippen molar-refractivity contribution in [3.05, 3.63) is 98.5 Å². The van der Waals surface area contributed by atoms with E-state index >= 15 is 0 Å². The van der Waals surface area contributed by atoms with Crippen molar-refractivity contribution in [3.63, 3.8) is 0 Å². The van der Waals surface area contributed by atoms with Crippen molar-refractivity contribution in [2.75, 3.05) is 11.9 Å². The molecule has 0 spiro atoms. The molecule has 1 aliphatic heterocycles. The fourth-order valence-corrected chi connectivity index (χ4v) is 3.97. The van der Waals surface area contributed by atoms with E-state index in [1.54, 1.807) is 24.1 Å². The predicted octanol–water partition coefficient (Wildman–Crippen LogP) is 5.14. The van der Waals surface area contributed by atoms with E-state index in [0.717, 1.165) is 21.2 Å². The molecule has 3 aromatic rings. The molecule has 0 atom stereocenters. The summed E-state index contributed by atoms with van der Waals surface area (Å²) in [5, 5.41) is 0. The Morgan fingerprint density at radius 1 is 0.903 bits per heavy atom. The third-order valence-electron chi connectivity index (χ3n) is 5.42. The summed E-state index contributed by atoms with van der Waals surface area (Å²) in [4.78, 5) is 41.8. The molecule has 0 saturated heterocycles.